The van der Waals surface area contributed by atoms with E-state index in [1.54, 1.807) is 5.56 Å². The van der Waals surface area contributed by atoms with Crippen LogP contribution in [-0.2, 0) is 0 Å². The molecule has 2 heterocycles. The van der Waals surface area contributed by atoms with Crippen molar-refractivity contribution in [3.05, 3.63) is 33.4 Å². The lowest BCUT2D eigenvalue weighted by atomic mass is 9.86. The molecule has 1 aromatic carbocycles. The van der Waals surface area contributed by atoms with Crippen LogP contribution < -0.4 is 5.32 Å². The zero-order chi connectivity index (χ0) is 10.3. The van der Waals surface area contributed by atoms with Crippen LogP contribution in [0.4, 0.5) is 0 Å². The Balaban J connectivity index is 1.80. The molecule has 1 aromatic rings. The van der Waals surface area contributed by atoms with E-state index in [4.69, 9.17) is 0 Å². The Morgan fingerprint density at radius 3 is 2.20 bits per heavy atom. The highest BCUT2D eigenvalue weighted by molar-refractivity contribution is 14.1. The van der Waals surface area contributed by atoms with Gasteiger partial charge >= 0.3 is 0 Å². The second kappa shape index (κ2) is 4.06. The maximum absolute atomic E-state index is 3.70. The molecular weight excluding hydrogens is 297 g/mol. The molecule has 3 atom stereocenters. The summed E-state index contributed by atoms with van der Waals surface area (Å²) in [4.78, 5) is 0. The molecule has 0 amide bonds. The van der Waals surface area contributed by atoms with E-state index in [0.717, 1.165) is 18.0 Å². The molecule has 80 valence electrons. The minimum Gasteiger partial charge on any atom is -0.311 e. The number of benzene rings is 1. The summed E-state index contributed by atoms with van der Waals surface area (Å²) in [5.41, 5.74) is 1.55. The lowest BCUT2D eigenvalue weighted by Crippen LogP contribution is -2.37. The summed E-state index contributed by atoms with van der Waals surface area (Å²) in [5, 5.41) is 3.70. The van der Waals surface area contributed by atoms with Crippen molar-refractivity contribution in [3.63, 3.8) is 0 Å². The molecule has 15 heavy (non-hydrogen) atoms. The maximum atomic E-state index is 3.70. The average molecular weight is 313 g/mol. The molecule has 3 rings (SSSR count). The van der Waals surface area contributed by atoms with Crippen molar-refractivity contribution in [1.29, 1.82) is 0 Å². The van der Waals surface area contributed by atoms with E-state index < -0.39 is 0 Å². The van der Waals surface area contributed by atoms with Gasteiger partial charge in [-0.05, 0) is 71.9 Å². The first-order chi connectivity index (χ1) is 7.31. The van der Waals surface area contributed by atoms with Gasteiger partial charge in [-0.2, -0.15) is 0 Å². The minimum absolute atomic E-state index is 0.799. The number of nitrogens with one attached hydrogen (secondary N) is 1. The standard InChI is InChI=1S/C13H16IN/c14-11-3-1-9(2-4-11)10-7-12-5-6-13(8-10)15-12/h1-4,10,12-13,15H,5-8H2/t10?,12-,13?/m1/s1. The largest absolute Gasteiger partial charge is 0.311 e. The molecule has 0 radical (unpaired) electrons. The fourth-order valence-electron chi connectivity index (χ4n) is 3.06. The molecule has 1 N–H and O–H groups in total. The molecule has 0 aromatic heterocycles. The second-order valence-electron chi connectivity index (χ2n) is 4.86. The van der Waals surface area contributed by atoms with Gasteiger partial charge in [0.25, 0.3) is 0 Å². The van der Waals surface area contributed by atoms with Gasteiger partial charge in [0.2, 0.25) is 0 Å². The normalized spacial score (nSPS) is 34.3. The molecule has 0 saturated carbocycles. The molecule has 2 aliphatic heterocycles. The van der Waals surface area contributed by atoms with E-state index in [2.05, 4.69) is 52.2 Å². The van der Waals surface area contributed by atoms with Gasteiger partial charge in [-0.25, -0.2) is 0 Å². The summed E-state index contributed by atoms with van der Waals surface area (Å²) in [6, 6.07) is 10.7. The number of hydrogen-bond acceptors (Lipinski definition) is 1. The van der Waals surface area contributed by atoms with Crippen LogP contribution in [-0.4, -0.2) is 12.1 Å². The first kappa shape index (κ1) is 10.1. The van der Waals surface area contributed by atoms with Crippen molar-refractivity contribution in [2.75, 3.05) is 0 Å². The Hall–Kier alpha value is -0.0900. The molecule has 2 heteroatoms. The van der Waals surface area contributed by atoms with Gasteiger partial charge in [0.05, 0.1) is 0 Å². The van der Waals surface area contributed by atoms with Crippen molar-refractivity contribution in [3.8, 4) is 0 Å². The van der Waals surface area contributed by atoms with E-state index in [1.165, 1.54) is 29.3 Å². The molecule has 2 saturated heterocycles. The predicted octanol–water partition coefficient (Wildman–Crippen LogP) is 3.29. The van der Waals surface area contributed by atoms with Crippen LogP contribution in [0.15, 0.2) is 24.3 Å². The molecule has 1 nitrogen and oxygen atoms in total. The third-order valence-electron chi connectivity index (χ3n) is 3.81. The topological polar surface area (TPSA) is 12.0 Å². The fraction of sp³-hybridized carbons (Fsp3) is 0.538. The fourth-order valence-corrected chi connectivity index (χ4v) is 3.42. The SMILES string of the molecule is Ic1ccc(C2CC3CC[C@H](C2)N3)cc1. The summed E-state index contributed by atoms with van der Waals surface area (Å²) in [6.45, 7) is 0. The Morgan fingerprint density at radius 2 is 1.60 bits per heavy atom. The Morgan fingerprint density at radius 1 is 1.00 bits per heavy atom. The smallest absolute Gasteiger partial charge is 0.0130 e. The van der Waals surface area contributed by atoms with Crippen LogP contribution in [0.1, 0.15) is 37.2 Å². The zero-order valence-electron chi connectivity index (χ0n) is 8.75. The number of fused-ring (bicyclic) bond motifs is 2. The third kappa shape index (κ3) is 2.07. The van der Waals surface area contributed by atoms with Crippen molar-refractivity contribution in [2.45, 2.75) is 43.7 Å². The zero-order valence-corrected chi connectivity index (χ0v) is 10.9. The minimum atomic E-state index is 0.799. The summed E-state index contributed by atoms with van der Waals surface area (Å²) < 4.78 is 1.34. The van der Waals surface area contributed by atoms with Gasteiger partial charge < -0.3 is 5.32 Å². The average Bonchev–Trinajstić information content (AvgIpc) is 2.59. The molecule has 0 spiro atoms. The monoisotopic (exact) mass is 313 g/mol. The highest BCUT2D eigenvalue weighted by Crippen LogP contribution is 2.37. The molecule has 2 aliphatic rings. The van der Waals surface area contributed by atoms with Crippen molar-refractivity contribution in [1.82, 2.24) is 5.32 Å². The first-order valence-electron chi connectivity index (χ1n) is 5.83. The number of piperidine rings is 1. The molecular formula is C13H16IN. The molecule has 2 unspecified atom stereocenters. The van der Waals surface area contributed by atoms with Gasteiger partial charge in [0, 0.05) is 15.7 Å². The Labute approximate surface area is 105 Å². The van der Waals surface area contributed by atoms with Crippen LogP contribution in [0.2, 0.25) is 0 Å². The quantitative estimate of drug-likeness (QED) is 0.785. The highest BCUT2D eigenvalue weighted by Gasteiger charge is 2.33. The van der Waals surface area contributed by atoms with Crippen molar-refractivity contribution in [2.24, 2.45) is 0 Å². The van der Waals surface area contributed by atoms with Gasteiger partial charge in [0.15, 0.2) is 0 Å². The summed E-state index contributed by atoms with van der Waals surface area (Å²) in [5.74, 6) is 0.806. The van der Waals surface area contributed by atoms with Gasteiger partial charge in [-0.3, -0.25) is 0 Å². The predicted molar refractivity (Wildman–Crippen MR) is 71.1 cm³/mol. The summed E-state index contributed by atoms with van der Waals surface area (Å²) >= 11 is 2.38. The number of halogens is 1. The van der Waals surface area contributed by atoms with Crippen LogP contribution in [0.5, 0.6) is 0 Å². The van der Waals surface area contributed by atoms with E-state index in [9.17, 15) is 0 Å². The number of hydrogen-bond donors (Lipinski definition) is 1. The number of rotatable bonds is 1. The van der Waals surface area contributed by atoms with E-state index in [-0.39, 0.29) is 0 Å². The summed E-state index contributed by atoms with van der Waals surface area (Å²) in [7, 11) is 0. The maximum Gasteiger partial charge on any atom is 0.0130 e. The van der Waals surface area contributed by atoms with Crippen LogP contribution in [0, 0.1) is 3.57 Å². The Bertz CT molecular complexity index is 334. The molecule has 2 bridgehead atoms. The van der Waals surface area contributed by atoms with Crippen LogP contribution >= 0.6 is 22.6 Å². The van der Waals surface area contributed by atoms with Crippen LogP contribution in [0.25, 0.3) is 0 Å². The lowest BCUT2D eigenvalue weighted by molar-refractivity contribution is 0.363. The van der Waals surface area contributed by atoms with Gasteiger partial charge in [0.1, 0.15) is 0 Å². The van der Waals surface area contributed by atoms with Crippen LogP contribution in [0.3, 0.4) is 0 Å². The Kier molecular flexibility index (Phi) is 2.73. The van der Waals surface area contributed by atoms with E-state index in [0.29, 0.717) is 0 Å². The van der Waals surface area contributed by atoms with Gasteiger partial charge in [-0.15, -0.1) is 0 Å². The first-order valence-corrected chi connectivity index (χ1v) is 6.90. The van der Waals surface area contributed by atoms with E-state index in [1.807, 2.05) is 0 Å². The van der Waals surface area contributed by atoms with Crippen molar-refractivity contribution >= 4 is 22.6 Å². The highest BCUT2D eigenvalue weighted by atomic mass is 127. The van der Waals surface area contributed by atoms with E-state index >= 15 is 0 Å². The summed E-state index contributed by atoms with van der Waals surface area (Å²) in [6.07, 6.45) is 5.48. The molecule has 2 fully saturated rings. The third-order valence-corrected chi connectivity index (χ3v) is 4.53. The molecule has 0 aliphatic carbocycles. The lowest BCUT2D eigenvalue weighted by Gasteiger charge is -2.29. The van der Waals surface area contributed by atoms with Gasteiger partial charge in [-0.1, -0.05) is 12.1 Å². The van der Waals surface area contributed by atoms with Crippen molar-refractivity contribution < 1.29 is 0 Å². The second-order valence-corrected chi connectivity index (χ2v) is 6.10.